The van der Waals surface area contributed by atoms with Gasteiger partial charge < -0.3 is 5.73 Å². The predicted octanol–water partition coefficient (Wildman–Crippen LogP) is 4.62. The molecule has 0 aromatic heterocycles. The van der Waals surface area contributed by atoms with Crippen LogP contribution in [0.15, 0.2) is 36.4 Å². The number of rotatable bonds is 2. The van der Waals surface area contributed by atoms with Gasteiger partial charge in [0.25, 0.3) is 0 Å². The van der Waals surface area contributed by atoms with Crippen molar-refractivity contribution in [3.63, 3.8) is 0 Å². The van der Waals surface area contributed by atoms with Crippen LogP contribution in [0.3, 0.4) is 0 Å². The molecule has 0 radical (unpaired) electrons. The molecule has 0 amide bonds. The minimum absolute atomic E-state index is 0.167. The van der Waals surface area contributed by atoms with Crippen molar-refractivity contribution < 1.29 is 17.6 Å². The van der Waals surface area contributed by atoms with Crippen LogP contribution in [0.25, 0.3) is 11.1 Å². The number of hydrogen-bond donors (Lipinski definition) is 1. The van der Waals surface area contributed by atoms with Crippen molar-refractivity contribution in [2.75, 3.05) is 0 Å². The highest BCUT2D eigenvalue weighted by atomic mass is 35.5. The Balaban J connectivity index is 2.54. The van der Waals surface area contributed by atoms with Gasteiger partial charge in [-0.3, -0.25) is 0 Å². The third kappa shape index (κ3) is 2.94. The van der Waals surface area contributed by atoms with Gasteiger partial charge in [-0.05, 0) is 41.0 Å². The second-order valence-corrected chi connectivity index (χ2v) is 4.61. The zero-order valence-corrected chi connectivity index (χ0v) is 10.9. The first-order chi connectivity index (χ1) is 9.32. The molecule has 106 valence electrons. The van der Waals surface area contributed by atoms with Crippen LogP contribution in [0.2, 0.25) is 5.02 Å². The fraction of sp³-hybridized carbons (Fsp3) is 0.143. The van der Waals surface area contributed by atoms with Gasteiger partial charge in [-0.25, -0.2) is 4.39 Å². The first-order valence-corrected chi connectivity index (χ1v) is 6.06. The molecule has 0 bridgehead atoms. The summed E-state index contributed by atoms with van der Waals surface area (Å²) < 4.78 is 51.2. The second-order valence-electron chi connectivity index (χ2n) is 4.20. The van der Waals surface area contributed by atoms with Crippen LogP contribution >= 0.6 is 11.6 Å². The van der Waals surface area contributed by atoms with Crippen LogP contribution in [-0.4, -0.2) is 0 Å². The lowest BCUT2D eigenvalue weighted by Gasteiger charge is -2.11. The van der Waals surface area contributed by atoms with Gasteiger partial charge in [-0.1, -0.05) is 23.7 Å². The quantitative estimate of drug-likeness (QED) is 0.805. The molecule has 2 aromatic rings. The fourth-order valence-electron chi connectivity index (χ4n) is 1.83. The first-order valence-electron chi connectivity index (χ1n) is 5.68. The molecule has 0 fully saturated rings. The summed E-state index contributed by atoms with van der Waals surface area (Å²) in [6.45, 7) is 0.167. The first kappa shape index (κ1) is 14.8. The maximum absolute atomic E-state index is 13.2. The van der Waals surface area contributed by atoms with Gasteiger partial charge in [0.2, 0.25) is 0 Å². The molecule has 2 N–H and O–H groups in total. The SMILES string of the molecule is NCc1cc(-c2ccc(F)c(C(F)(F)F)c2)ccc1Cl. The Morgan fingerprint density at radius 1 is 1.00 bits per heavy atom. The highest BCUT2D eigenvalue weighted by Gasteiger charge is 2.34. The topological polar surface area (TPSA) is 26.0 Å². The Labute approximate surface area is 118 Å². The normalized spacial score (nSPS) is 11.7. The van der Waals surface area contributed by atoms with Gasteiger partial charge >= 0.3 is 6.18 Å². The Bertz CT molecular complexity index is 638. The van der Waals surface area contributed by atoms with Crippen molar-refractivity contribution in [1.29, 1.82) is 0 Å². The average molecular weight is 304 g/mol. The highest BCUT2D eigenvalue weighted by Crippen LogP contribution is 2.34. The maximum atomic E-state index is 13.2. The van der Waals surface area contributed by atoms with Gasteiger partial charge in [-0.15, -0.1) is 0 Å². The molecular weight excluding hydrogens is 294 g/mol. The smallest absolute Gasteiger partial charge is 0.326 e. The van der Waals surface area contributed by atoms with E-state index < -0.39 is 17.6 Å². The lowest BCUT2D eigenvalue weighted by atomic mass is 10.0. The van der Waals surface area contributed by atoms with Gasteiger partial charge in [-0.2, -0.15) is 13.2 Å². The van der Waals surface area contributed by atoms with E-state index in [1.807, 2.05) is 0 Å². The molecule has 0 atom stereocenters. The van der Waals surface area contributed by atoms with Gasteiger partial charge in [0, 0.05) is 11.6 Å². The van der Waals surface area contributed by atoms with E-state index in [1.165, 1.54) is 6.07 Å². The molecule has 1 nitrogen and oxygen atoms in total. The van der Waals surface area contributed by atoms with Crippen LogP contribution in [0.1, 0.15) is 11.1 Å². The molecule has 0 unspecified atom stereocenters. The summed E-state index contributed by atoms with van der Waals surface area (Å²) in [5.74, 6) is -1.30. The number of halogens is 5. The minimum atomic E-state index is -4.73. The Kier molecular flexibility index (Phi) is 4.01. The lowest BCUT2D eigenvalue weighted by Crippen LogP contribution is -2.08. The van der Waals surface area contributed by atoms with Crippen molar-refractivity contribution in [2.45, 2.75) is 12.7 Å². The van der Waals surface area contributed by atoms with Crippen LogP contribution < -0.4 is 5.73 Å². The van der Waals surface area contributed by atoms with E-state index in [-0.39, 0.29) is 12.1 Å². The van der Waals surface area contributed by atoms with E-state index in [0.717, 1.165) is 12.1 Å². The molecule has 0 aliphatic carbocycles. The Morgan fingerprint density at radius 2 is 1.60 bits per heavy atom. The number of hydrogen-bond acceptors (Lipinski definition) is 1. The van der Waals surface area contributed by atoms with Crippen LogP contribution in [-0.2, 0) is 12.7 Å². The number of alkyl halides is 3. The minimum Gasteiger partial charge on any atom is -0.326 e. The van der Waals surface area contributed by atoms with Crippen LogP contribution in [0, 0.1) is 5.82 Å². The molecule has 20 heavy (non-hydrogen) atoms. The largest absolute Gasteiger partial charge is 0.419 e. The van der Waals surface area contributed by atoms with Crippen LogP contribution in [0.5, 0.6) is 0 Å². The monoisotopic (exact) mass is 303 g/mol. The summed E-state index contributed by atoms with van der Waals surface area (Å²) in [6, 6.07) is 7.57. The molecule has 0 saturated carbocycles. The third-order valence-electron chi connectivity index (χ3n) is 2.87. The van der Waals surface area contributed by atoms with Crippen molar-refractivity contribution in [2.24, 2.45) is 5.73 Å². The summed E-state index contributed by atoms with van der Waals surface area (Å²) in [5.41, 5.74) is 5.57. The maximum Gasteiger partial charge on any atom is 0.419 e. The molecule has 2 aromatic carbocycles. The molecule has 0 aliphatic rings. The molecule has 0 saturated heterocycles. The molecule has 2 rings (SSSR count). The van der Waals surface area contributed by atoms with Crippen LogP contribution in [0.4, 0.5) is 17.6 Å². The number of nitrogens with two attached hydrogens (primary N) is 1. The van der Waals surface area contributed by atoms with Crippen molar-refractivity contribution in [3.8, 4) is 11.1 Å². The van der Waals surface area contributed by atoms with Gasteiger partial charge in [0.15, 0.2) is 0 Å². The van der Waals surface area contributed by atoms with Gasteiger partial charge in [0.05, 0.1) is 5.56 Å². The summed E-state index contributed by atoms with van der Waals surface area (Å²) in [6.07, 6.45) is -4.73. The average Bonchev–Trinajstić information content (AvgIpc) is 2.38. The summed E-state index contributed by atoms with van der Waals surface area (Å²) in [5, 5.41) is 0.439. The summed E-state index contributed by atoms with van der Waals surface area (Å²) in [4.78, 5) is 0. The van der Waals surface area contributed by atoms with E-state index in [2.05, 4.69) is 0 Å². The van der Waals surface area contributed by atoms with E-state index in [4.69, 9.17) is 17.3 Å². The number of benzene rings is 2. The third-order valence-corrected chi connectivity index (χ3v) is 3.24. The molecule has 0 heterocycles. The van der Waals surface area contributed by atoms with E-state index in [1.54, 1.807) is 18.2 Å². The lowest BCUT2D eigenvalue weighted by molar-refractivity contribution is -0.139. The Hall–Kier alpha value is -1.59. The summed E-state index contributed by atoms with van der Waals surface area (Å²) >= 11 is 5.89. The highest BCUT2D eigenvalue weighted by molar-refractivity contribution is 6.31. The van der Waals surface area contributed by atoms with E-state index in [0.29, 0.717) is 16.1 Å². The van der Waals surface area contributed by atoms with E-state index in [9.17, 15) is 17.6 Å². The molecule has 0 spiro atoms. The molecular formula is C14H10ClF4N. The molecule has 6 heteroatoms. The Morgan fingerprint density at radius 3 is 2.20 bits per heavy atom. The zero-order valence-electron chi connectivity index (χ0n) is 10.1. The van der Waals surface area contributed by atoms with Crippen molar-refractivity contribution in [3.05, 3.63) is 58.4 Å². The standard InChI is InChI=1S/C14H10ClF4N/c15-12-3-1-8(5-10(12)7-20)9-2-4-13(16)11(6-9)14(17,18)19/h1-6H,7,20H2. The fourth-order valence-corrected chi connectivity index (χ4v) is 2.03. The zero-order chi connectivity index (χ0) is 14.9. The van der Waals surface area contributed by atoms with E-state index >= 15 is 0 Å². The molecule has 0 aliphatic heterocycles. The van der Waals surface area contributed by atoms with Crippen molar-refractivity contribution in [1.82, 2.24) is 0 Å². The summed E-state index contributed by atoms with van der Waals surface area (Å²) in [7, 11) is 0. The predicted molar refractivity (Wildman–Crippen MR) is 69.7 cm³/mol. The van der Waals surface area contributed by atoms with Crippen molar-refractivity contribution >= 4 is 11.6 Å². The van der Waals surface area contributed by atoms with Gasteiger partial charge in [0.1, 0.15) is 5.82 Å². The second kappa shape index (κ2) is 5.42.